The van der Waals surface area contributed by atoms with E-state index >= 15 is 0 Å². The summed E-state index contributed by atoms with van der Waals surface area (Å²) in [6.45, 7) is 2.78. The molecule has 0 aliphatic carbocycles. The number of carbonyl (C=O) groups is 2. The van der Waals surface area contributed by atoms with Crippen molar-refractivity contribution in [2.75, 3.05) is 13.1 Å². The zero-order valence-electron chi connectivity index (χ0n) is 19.0. The lowest BCUT2D eigenvalue weighted by molar-refractivity contribution is -0.225. The van der Waals surface area contributed by atoms with E-state index in [4.69, 9.17) is 26.2 Å². The third-order valence-electron chi connectivity index (χ3n) is 6.31. The van der Waals surface area contributed by atoms with Crippen LogP contribution in [0.1, 0.15) is 40.9 Å². The number of ether oxygens (including phenoxy) is 2. The molecular weight excluding hydrogens is 454 g/mol. The minimum Gasteiger partial charge on any atom is -0.416 e. The fourth-order valence-corrected chi connectivity index (χ4v) is 4.95. The number of nitrogens with one attached hydrogen (secondary N) is 1. The number of aromatic nitrogens is 2. The summed E-state index contributed by atoms with van der Waals surface area (Å²) in [4.78, 5) is 24.7. The highest BCUT2D eigenvalue weighted by molar-refractivity contribution is 6.32. The summed E-state index contributed by atoms with van der Waals surface area (Å²) in [6.07, 6.45) is 2.29. The summed E-state index contributed by atoms with van der Waals surface area (Å²) in [5.74, 6) is -2.45. The molecule has 1 spiro atoms. The minimum absolute atomic E-state index is 0.000593. The molecule has 2 aromatic carbocycles. The third-order valence-corrected chi connectivity index (χ3v) is 6.61. The second-order valence-electron chi connectivity index (χ2n) is 8.72. The predicted octanol–water partition coefficient (Wildman–Crippen LogP) is 3.80. The average molecular weight is 480 g/mol. The molecule has 0 unspecified atom stereocenters. The van der Waals surface area contributed by atoms with Crippen LogP contribution in [0.25, 0.3) is 5.69 Å². The fourth-order valence-electron chi connectivity index (χ4n) is 4.69. The van der Waals surface area contributed by atoms with Crippen LogP contribution >= 0.6 is 11.6 Å². The van der Waals surface area contributed by atoms with Crippen molar-refractivity contribution < 1.29 is 19.1 Å². The molecule has 0 bridgehead atoms. The Bertz CT molecular complexity index is 1220. The van der Waals surface area contributed by atoms with Crippen LogP contribution in [0.15, 0.2) is 48.5 Å². The summed E-state index contributed by atoms with van der Waals surface area (Å²) in [7, 11) is 0. The van der Waals surface area contributed by atoms with Gasteiger partial charge >= 0.3 is 11.9 Å². The van der Waals surface area contributed by atoms with E-state index in [0.29, 0.717) is 23.6 Å². The van der Waals surface area contributed by atoms with E-state index in [2.05, 4.69) is 23.5 Å². The molecule has 2 aliphatic heterocycles. The number of fused-ring (bicyclic) bond motifs is 2. The highest BCUT2D eigenvalue weighted by Gasteiger charge is 2.46. The summed E-state index contributed by atoms with van der Waals surface area (Å²) >= 11 is 6.72. The molecule has 8 heteroatoms. The molecule has 7 nitrogen and oxygen atoms in total. The number of halogens is 1. The Morgan fingerprint density at radius 3 is 2.50 bits per heavy atom. The quantitative estimate of drug-likeness (QED) is 0.573. The Morgan fingerprint density at radius 1 is 1.03 bits per heavy atom. The van der Waals surface area contributed by atoms with Crippen LogP contribution in [0.2, 0.25) is 5.02 Å². The van der Waals surface area contributed by atoms with E-state index < -0.39 is 17.7 Å². The number of benzene rings is 2. The van der Waals surface area contributed by atoms with Crippen molar-refractivity contribution in [1.82, 2.24) is 15.1 Å². The van der Waals surface area contributed by atoms with E-state index in [-0.39, 0.29) is 19.4 Å². The van der Waals surface area contributed by atoms with Crippen LogP contribution < -0.4 is 5.32 Å². The number of esters is 2. The van der Waals surface area contributed by atoms with Gasteiger partial charge in [0, 0.05) is 11.3 Å². The highest BCUT2D eigenvalue weighted by atomic mass is 35.5. The number of hydrogen-bond donors (Lipinski definition) is 1. The Labute approximate surface area is 203 Å². The van der Waals surface area contributed by atoms with Crippen molar-refractivity contribution in [3.05, 3.63) is 81.6 Å². The molecule has 3 aromatic rings. The second kappa shape index (κ2) is 9.24. The summed E-state index contributed by atoms with van der Waals surface area (Å²) in [5.41, 5.74) is 5.36. The normalized spacial score (nSPS) is 17.5. The SMILES string of the molecule is Cc1cc(CCc2ccccc2)nn1-c1c(Cl)ccc2c1CCNCC21OC(=O)CCC(=O)O1. The lowest BCUT2D eigenvalue weighted by Gasteiger charge is -2.32. The van der Waals surface area contributed by atoms with Crippen LogP contribution in [0.3, 0.4) is 0 Å². The highest BCUT2D eigenvalue weighted by Crippen LogP contribution is 2.39. The molecule has 1 aromatic heterocycles. The van der Waals surface area contributed by atoms with E-state index in [1.165, 1.54) is 5.56 Å². The molecule has 0 amide bonds. The van der Waals surface area contributed by atoms with E-state index in [1.54, 1.807) is 12.1 Å². The zero-order valence-corrected chi connectivity index (χ0v) is 19.7. The molecule has 3 heterocycles. The van der Waals surface area contributed by atoms with Gasteiger partial charge in [-0.3, -0.25) is 9.59 Å². The van der Waals surface area contributed by atoms with E-state index in [9.17, 15) is 9.59 Å². The lowest BCUT2D eigenvalue weighted by Crippen LogP contribution is -2.43. The molecule has 0 saturated carbocycles. The summed E-state index contributed by atoms with van der Waals surface area (Å²) in [5, 5.41) is 8.66. The monoisotopic (exact) mass is 479 g/mol. The number of nitrogens with zero attached hydrogens (tertiary/aromatic N) is 2. The van der Waals surface area contributed by atoms with Crippen LogP contribution in [0.4, 0.5) is 0 Å². The van der Waals surface area contributed by atoms with Gasteiger partial charge in [-0.15, -0.1) is 0 Å². The van der Waals surface area contributed by atoms with Gasteiger partial charge in [-0.2, -0.15) is 5.10 Å². The van der Waals surface area contributed by atoms with Crippen molar-refractivity contribution in [3.63, 3.8) is 0 Å². The van der Waals surface area contributed by atoms with Gasteiger partial charge in [0.25, 0.3) is 5.79 Å². The lowest BCUT2D eigenvalue weighted by atomic mass is 9.96. The second-order valence-corrected chi connectivity index (χ2v) is 9.13. The van der Waals surface area contributed by atoms with Crippen LogP contribution in [0.5, 0.6) is 0 Å². The molecule has 0 radical (unpaired) electrons. The van der Waals surface area contributed by atoms with Gasteiger partial charge in [0.05, 0.1) is 35.8 Å². The van der Waals surface area contributed by atoms with Gasteiger partial charge in [0.1, 0.15) is 0 Å². The zero-order chi connectivity index (χ0) is 23.7. The van der Waals surface area contributed by atoms with Crippen LogP contribution in [-0.4, -0.2) is 34.8 Å². The molecule has 1 saturated heterocycles. The first-order valence-electron chi connectivity index (χ1n) is 11.5. The standard InChI is InChI=1S/C26H26ClN3O4/c1-17-15-19(8-7-18-5-3-2-4-6-18)29-30(17)25-20-13-14-28-16-26(21(20)9-10-22(25)27)33-23(31)11-12-24(32)34-26/h2-6,9-10,15,28H,7-8,11-14,16H2,1H3. The van der Waals surface area contributed by atoms with Gasteiger partial charge in [0.2, 0.25) is 0 Å². The maximum atomic E-state index is 12.4. The van der Waals surface area contributed by atoms with Crippen molar-refractivity contribution >= 4 is 23.5 Å². The molecular formula is C26H26ClN3O4. The first-order valence-corrected chi connectivity index (χ1v) is 11.9. The van der Waals surface area contributed by atoms with Gasteiger partial charge in [-0.05, 0) is 62.1 Å². The maximum absolute atomic E-state index is 12.4. The topological polar surface area (TPSA) is 82.5 Å². The molecule has 0 atom stereocenters. The largest absolute Gasteiger partial charge is 0.416 e. The van der Waals surface area contributed by atoms with Gasteiger partial charge < -0.3 is 14.8 Å². The van der Waals surface area contributed by atoms with Gasteiger partial charge in [0.15, 0.2) is 0 Å². The van der Waals surface area contributed by atoms with Gasteiger partial charge in [-0.1, -0.05) is 41.9 Å². The average Bonchev–Trinajstić information content (AvgIpc) is 3.00. The molecule has 1 N–H and O–H groups in total. The Balaban J connectivity index is 1.56. The maximum Gasteiger partial charge on any atom is 0.309 e. The number of rotatable bonds is 4. The van der Waals surface area contributed by atoms with E-state index in [0.717, 1.165) is 35.5 Å². The number of aryl methyl sites for hydroxylation is 3. The number of hydrogen-bond acceptors (Lipinski definition) is 6. The third kappa shape index (κ3) is 4.33. The van der Waals surface area contributed by atoms with Gasteiger partial charge in [-0.25, -0.2) is 4.68 Å². The van der Waals surface area contributed by atoms with Crippen molar-refractivity contribution in [1.29, 1.82) is 0 Å². The molecule has 34 heavy (non-hydrogen) atoms. The van der Waals surface area contributed by atoms with Crippen molar-refractivity contribution in [3.8, 4) is 5.69 Å². The Hall–Kier alpha value is -3.16. The molecule has 1 fully saturated rings. The first-order chi connectivity index (χ1) is 16.4. The van der Waals surface area contributed by atoms with Crippen LogP contribution in [0, 0.1) is 6.92 Å². The Kier molecular flexibility index (Phi) is 6.15. The minimum atomic E-state index is -1.52. The fraction of sp³-hybridized carbons (Fsp3) is 0.346. The van der Waals surface area contributed by atoms with Crippen molar-refractivity contribution in [2.24, 2.45) is 0 Å². The predicted molar refractivity (Wildman–Crippen MR) is 127 cm³/mol. The summed E-state index contributed by atoms with van der Waals surface area (Å²) in [6, 6.07) is 15.9. The number of carbonyl (C=O) groups excluding carboxylic acids is 2. The Morgan fingerprint density at radius 2 is 1.76 bits per heavy atom. The van der Waals surface area contributed by atoms with E-state index in [1.807, 2.05) is 29.8 Å². The van der Waals surface area contributed by atoms with Crippen molar-refractivity contribution in [2.45, 2.75) is 44.8 Å². The first kappa shape index (κ1) is 22.6. The smallest absolute Gasteiger partial charge is 0.309 e. The van der Waals surface area contributed by atoms with Crippen LogP contribution in [-0.2, 0) is 44.1 Å². The molecule has 5 rings (SSSR count). The molecule has 2 aliphatic rings. The molecule has 176 valence electrons. The summed E-state index contributed by atoms with van der Waals surface area (Å²) < 4.78 is 13.4.